The molecular weight excluding hydrogens is 344 g/mol. The molecule has 6 nitrogen and oxygen atoms in total. The SMILES string of the molecule is COc1cccc(/C=C2\NC(=O)N(Cc3ccccc3)C2=O)c1OC(C)C. The third kappa shape index (κ3) is 4.11. The summed E-state index contributed by atoms with van der Waals surface area (Å²) in [5, 5.41) is 2.64. The van der Waals surface area contributed by atoms with E-state index in [2.05, 4.69) is 5.32 Å². The average molecular weight is 366 g/mol. The highest BCUT2D eigenvalue weighted by Crippen LogP contribution is 2.33. The molecule has 0 aliphatic carbocycles. The molecule has 0 unspecified atom stereocenters. The van der Waals surface area contributed by atoms with Gasteiger partial charge in [-0.3, -0.25) is 9.69 Å². The molecule has 3 rings (SSSR count). The van der Waals surface area contributed by atoms with Crippen molar-refractivity contribution in [3.8, 4) is 11.5 Å². The smallest absolute Gasteiger partial charge is 0.329 e. The van der Waals surface area contributed by atoms with Gasteiger partial charge in [-0.1, -0.05) is 42.5 Å². The summed E-state index contributed by atoms with van der Waals surface area (Å²) in [7, 11) is 1.56. The van der Waals surface area contributed by atoms with Crippen molar-refractivity contribution in [1.29, 1.82) is 0 Å². The van der Waals surface area contributed by atoms with Crippen LogP contribution in [0.5, 0.6) is 11.5 Å². The molecule has 0 atom stereocenters. The minimum Gasteiger partial charge on any atom is -0.493 e. The topological polar surface area (TPSA) is 67.9 Å². The molecule has 6 heteroatoms. The van der Waals surface area contributed by atoms with Gasteiger partial charge in [0, 0.05) is 5.56 Å². The van der Waals surface area contributed by atoms with Crippen molar-refractivity contribution in [2.24, 2.45) is 0 Å². The number of urea groups is 1. The molecule has 2 aromatic carbocycles. The molecule has 1 saturated heterocycles. The molecule has 0 radical (unpaired) electrons. The number of carbonyl (C=O) groups excluding carboxylic acids is 2. The Morgan fingerprint density at radius 1 is 1.07 bits per heavy atom. The van der Waals surface area contributed by atoms with E-state index in [0.29, 0.717) is 17.1 Å². The zero-order valence-electron chi connectivity index (χ0n) is 15.6. The van der Waals surface area contributed by atoms with E-state index in [-0.39, 0.29) is 24.3 Å². The van der Waals surface area contributed by atoms with E-state index in [4.69, 9.17) is 9.47 Å². The van der Waals surface area contributed by atoms with Crippen molar-refractivity contribution >= 4 is 18.0 Å². The van der Waals surface area contributed by atoms with Crippen LogP contribution in [0.3, 0.4) is 0 Å². The number of imide groups is 1. The van der Waals surface area contributed by atoms with E-state index in [9.17, 15) is 9.59 Å². The Kier molecular flexibility index (Phi) is 5.45. The van der Waals surface area contributed by atoms with E-state index >= 15 is 0 Å². The van der Waals surface area contributed by atoms with Gasteiger partial charge in [-0.15, -0.1) is 0 Å². The van der Waals surface area contributed by atoms with Crippen molar-refractivity contribution in [3.05, 3.63) is 65.4 Å². The lowest BCUT2D eigenvalue weighted by Gasteiger charge is -2.16. The molecule has 140 valence electrons. The van der Waals surface area contributed by atoms with Gasteiger partial charge in [-0.2, -0.15) is 0 Å². The van der Waals surface area contributed by atoms with Crippen molar-refractivity contribution in [2.75, 3.05) is 7.11 Å². The molecular formula is C21H22N2O4. The van der Waals surface area contributed by atoms with E-state index in [0.717, 1.165) is 5.56 Å². The minimum atomic E-state index is -0.440. The highest BCUT2D eigenvalue weighted by atomic mass is 16.5. The van der Waals surface area contributed by atoms with Crippen LogP contribution in [-0.2, 0) is 11.3 Å². The summed E-state index contributed by atoms with van der Waals surface area (Å²) in [6.45, 7) is 4.04. The Morgan fingerprint density at radius 3 is 2.48 bits per heavy atom. The van der Waals surface area contributed by atoms with Crippen LogP contribution >= 0.6 is 0 Å². The Morgan fingerprint density at radius 2 is 1.81 bits per heavy atom. The first-order valence-electron chi connectivity index (χ1n) is 8.71. The standard InChI is InChI=1S/C21H22N2O4/c1-14(2)27-19-16(10-7-11-18(19)26-3)12-17-20(24)23(21(25)22-17)13-15-8-5-4-6-9-15/h4-12,14H,13H2,1-3H3,(H,22,25)/b17-12-. The van der Waals surface area contributed by atoms with Crippen LogP contribution in [0.2, 0.25) is 0 Å². The van der Waals surface area contributed by atoms with Gasteiger partial charge in [0.25, 0.3) is 5.91 Å². The third-order valence-electron chi connectivity index (χ3n) is 4.03. The van der Waals surface area contributed by atoms with Gasteiger partial charge in [-0.25, -0.2) is 4.79 Å². The molecule has 0 bridgehead atoms. The summed E-state index contributed by atoms with van der Waals surface area (Å²) in [5.41, 5.74) is 1.75. The molecule has 1 aliphatic rings. The molecule has 1 N–H and O–H groups in total. The van der Waals surface area contributed by atoms with Crippen LogP contribution in [-0.4, -0.2) is 30.1 Å². The Hall–Kier alpha value is -3.28. The van der Waals surface area contributed by atoms with E-state index in [1.165, 1.54) is 4.90 Å². The first-order valence-corrected chi connectivity index (χ1v) is 8.71. The van der Waals surface area contributed by atoms with Crippen LogP contribution in [0, 0.1) is 0 Å². The lowest BCUT2D eigenvalue weighted by atomic mass is 10.1. The molecule has 0 saturated carbocycles. The Bertz CT molecular complexity index is 875. The molecule has 0 spiro atoms. The van der Waals surface area contributed by atoms with Crippen LogP contribution in [0.25, 0.3) is 6.08 Å². The number of ether oxygens (including phenoxy) is 2. The third-order valence-corrected chi connectivity index (χ3v) is 4.03. The van der Waals surface area contributed by atoms with Crippen molar-refractivity contribution < 1.29 is 19.1 Å². The first-order chi connectivity index (χ1) is 13.0. The van der Waals surface area contributed by atoms with Gasteiger partial charge in [0.05, 0.1) is 19.8 Å². The van der Waals surface area contributed by atoms with E-state index < -0.39 is 6.03 Å². The number of amides is 3. The average Bonchev–Trinajstić information content (AvgIpc) is 2.91. The number of carbonyl (C=O) groups is 2. The number of para-hydroxylation sites is 1. The second-order valence-corrected chi connectivity index (χ2v) is 6.41. The number of methoxy groups -OCH3 is 1. The van der Waals surface area contributed by atoms with Crippen LogP contribution in [0.4, 0.5) is 4.79 Å². The lowest BCUT2D eigenvalue weighted by Crippen LogP contribution is -2.30. The zero-order valence-corrected chi connectivity index (χ0v) is 15.6. The normalized spacial score (nSPS) is 15.4. The van der Waals surface area contributed by atoms with Gasteiger partial charge in [-0.05, 0) is 31.6 Å². The molecule has 2 aromatic rings. The second kappa shape index (κ2) is 7.95. The summed E-state index contributed by atoms with van der Waals surface area (Å²) in [6.07, 6.45) is 1.55. The van der Waals surface area contributed by atoms with Crippen LogP contribution in [0.15, 0.2) is 54.2 Å². The molecule has 1 aliphatic heterocycles. The largest absolute Gasteiger partial charge is 0.493 e. The fourth-order valence-electron chi connectivity index (χ4n) is 2.81. The summed E-state index contributed by atoms with van der Waals surface area (Å²) >= 11 is 0. The summed E-state index contributed by atoms with van der Waals surface area (Å²) in [4.78, 5) is 26.2. The first kappa shape index (κ1) is 18.5. The van der Waals surface area contributed by atoms with Gasteiger partial charge in [0.1, 0.15) is 5.70 Å². The monoisotopic (exact) mass is 366 g/mol. The van der Waals surface area contributed by atoms with Gasteiger partial charge in [0.2, 0.25) is 0 Å². The number of rotatable bonds is 6. The number of nitrogens with zero attached hydrogens (tertiary/aromatic N) is 1. The highest BCUT2D eigenvalue weighted by molar-refractivity contribution is 6.14. The molecule has 0 aromatic heterocycles. The van der Waals surface area contributed by atoms with E-state index in [1.54, 1.807) is 25.3 Å². The highest BCUT2D eigenvalue weighted by Gasteiger charge is 2.33. The maximum atomic E-state index is 12.7. The predicted octanol–water partition coefficient (Wildman–Crippen LogP) is 3.58. The molecule has 1 heterocycles. The maximum absolute atomic E-state index is 12.7. The fraction of sp³-hybridized carbons (Fsp3) is 0.238. The number of nitrogens with one attached hydrogen (secondary N) is 1. The van der Waals surface area contributed by atoms with Crippen molar-refractivity contribution in [3.63, 3.8) is 0 Å². The van der Waals surface area contributed by atoms with E-state index in [1.807, 2.05) is 50.2 Å². The quantitative estimate of drug-likeness (QED) is 0.627. The molecule has 27 heavy (non-hydrogen) atoms. The Balaban J connectivity index is 1.90. The van der Waals surface area contributed by atoms with Crippen molar-refractivity contribution in [2.45, 2.75) is 26.5 Å². The number of benzene rings is 2. The number of hydrogen-bond donors (Lipinski definition) is 1. The summed E-state index contributed by atoms with van der Waals surface area (Å²) in [6, 6.07) is 14.3. The Labute approximate surface area is 158 Å². The van der Waals surface area contributed by atoms with Gasteiger partial charge < -0.3 is 14.8 Å². The summed E-state index contributed by atoms with van der Waals surface area (Å²) < 4.78 is 11.2. The number of hydrogen-bond acceptors (Lipinski definition) is 4. The van der Waals surface area contributed by atoms with Crippen molar-refractivity contribution in [1.82, 2.24) is 10.2 Å². The molecule has 1 fully saturated rings. The van der Waals surface area contributed by atoms with Crippen LogP contribution in [0.1, 0.15) is 25.0 Å². The predicted molar refractivity (Wildman–Crippen MR) is 102 cm³/mol. The second-order valence-electron chi connectivity index (χ2n) is 6.41. The zero-order chi connectivity index (χ0) is 19.4. The fourth-order valence-corrected chi connectivity index (χ4v) is 2.81. The maximum Gasteiger partial charge on any atom is 0.329 e. The molecule has 3 amide bonds. The van der Waals surface area contributed by atoms with Gasteiger partial charge >= 0.3 is 6.03 Å². The lowest BCUT2D eigenvalue weighted by molar-refractivity contribution is -0.123. The van der Waals surface area contributed by atoms with Gasteiger partial charge in [0.15, 0.2) is 11.5 Å². The minimum absolute atomic E-state index is 0.0677. The van der Waals surface area contributed by atoms with Crippen LogP contribution < -0.4 is 14.8 Å². The summed E-state index contributed by atoms with van der Waals surface area (Å²) in [5.74, 6) is 0.726.